The lowest BCUT2D eigenvalue weighted by molar-refractivity contribution is -0.123. The summed E-state index contributed by atoms with van der Waals surface area (Å²) in [6.45, 7) is 2.43. The van der Waals surface area contributed by atoms with E-state index in [1.807, 2.05) is 24.3 Å². The summed E-state index contributed by atoms with van der Waals surface area (Å²) in [5.74, 6) is 0.627. The fourth-order valence-electron chi connectivity index (χ4n) is 3.08. The van der Waals surface area contributed by atoms with E-state index in [2.05, 4.69) is 5.32 Å². The number of amides is 2. The zero-order chi connectivity index (χ0) is 19.4. The molecule has 142 valence electrons. The number of nitrogens with one attached hydrogen (secondary N) is 1. The van der Waals surface area contributed by atoms with Gasteiger partial charge in [0, 0.05) is 19.5 Å². The van der Waals surface area contributed by atoms with Crippen molar-refractivity contribution in [2.75, 3.05) is 26.7 Å². The predicted molar refractivity (Wildman–Crippen MR) is 99.0 cm³/mol. The molecule has 1 aromatic carbocycles. The van der Waals surface area contributed by atoms with Gasteiger partial charge in [-0.05, 0) is 42.7 Å². The van der Waals surface area contributed by atoms with E-state index in [4.69, 9.17) is 9.15 Å². The topological polar surface area (TPSA) is 88.9 Å². The van der Waals surface area contributed by atoms with E-state index in [9.17, 15) is 14.4 Å². The maximum atomic E-state index is 12.6. The van der Waals surface area contributed by atoms with Crippen molar-refractivity contribution in [2.24, 2.45) is 0 Å². The molecule has 2 aromatic rings. The van der Waals surface area contributed by atoms with Gasteiger partial charge < -0.3 is 19.4 Å². The van der Waals surface area contributed by atoms with Gasteiger partial charge in [0.25, 0.3) is 5.91 Å². The van der Waals surface area contributed by atoms with E-state index < -0.39 is 11.5 Å². The number of carbonyl (C=O) groups excluding carboxylic acids is 2. The fourth-order valence-corrected chi connectivity index (χ4v) is 3.08. The normalized spacial score (nSPS) is 14.0. The number of nitrogens with zero attached hydrogens (tertiary/aromatic N) is 1. The highest BCUT2D eigenvalue weighted by molar-refractivity contribution is 5.97. The van der Waals surface area contributed by atoms with Gasteiger partial charge in [0.2, 0.25) is 5.91 Å². The maximum Gasteiger partial charge on any atom is 0.349 e. The number of hydrogen-bond donors (Lipinski definition) is 1. The van der Waals surface area contributed by atoms with E-state index >= 15 is 0 Å². The van der Waals surface area contributed by atoms with Gasteiger partial charge in [-0.15, -0.1) is 0 Å². The van der Waals surface area contributed by atoms with Crippen LogP contribution in [0.15, 0.2) is 39.5 Å². The van der Waals surface area contributed by atoms with E-state index in [0.29, 0.717) is 37.3 Å². The van der Waals surface area contributed by atoms with Gasteiger partial charge in [0.15, 0.2) is 0 Å². The van der Waals surface area contributed by atoms with Crippen molar-refractivity contribution in [3.8, 4) is 5.75 Å². The standard InChI is InChI=1S/C20H22N2O5/c1-13-11-16(8-5-14-3-6-15(26-2)7-4-14)27-20(25)18(13)19(24)22-10-9-21-17(23)12-22/h3-4,6-7,11H,5,8-10,12H2,1-2H3,(H,21,23). The summed E-state index contributed by atoms with van der Waals surface area (Å²) in [7, 11) is 1.62. The number of piperazine rings is 1. The van der Waals surface area contributed by atoms with Gasteiger partial charge in [0.05, 0.1) is 13.7 Å². The Morgan fingerprint density at radius 2 is 1.96 bits per heavy atom. The van der Waals surface area contributed by atoms with Crippen LogP contribution in [0.3, 0.4) is 0 Å². The lowest BCUT2D eigenvalue weighted by atomic mass is 10.1. The second-order valence-electron chi connectivity index (χ2n) is 6.48. The maximum absolute atomic E-state index is 12.6. The summed E-state index contributed by atoms with van der Waals surface area (Å²) in [4.78, 5) is 37.9. The molecule has 0 saturated carbocycles. The molecule has 1 N–H and O–H groups in total. The molecule has 0 bridgehead atoms. The van der Waals surface area contributed by atoms with Gasteiger partial charge in [-0.1, -0.05) is 12.1 Å². The summed E-state index contributed by atoms with van der Waals surface area (Å²) in [6.07, 6.45) is 1.25. The van der Waals surface area contributed by atoms with Crippen LogP contribution < -0.4 is 15.7 Å². The van der Waals surface area contributed by atoms with Crippen LogP contribution in [0, 0.1) is 6.92 Å². The molecule has 2 heterocycles. The molecule has 1 aliphatic heterocycles. The van der Waals surface area contributed by atoms with Crippen LogP contribution in [-0.4, -0.2) is 43.5 Å². The zero-order valence-electron chi connectivity index (χ0n) is 15.4. The Kier molecular flexibility index (Phi) is 5.59. The number of aryl methyl sites for hydroxylation is 3. The Bertz CT molecular complexity index is 902. The molecule has 0 unspecified atom stereocenters. The van der Waals surface area contributed by atoms with Crippen LogP contribution in [-0.2, 0) is 17.6 Å². The quantitative estimate of drug-likeness (QED) is 0.857. The SMILES string of the molecule is COc1ccc(CCc2cc(C)c(C(=O)N3CCNC(=O)C3)c(=O)o2)cc1. The molecule has 7 heteroatoms. The summed E-state index contributed by atoms with van der Waals surface area (Å²) in [5, 5.41) is 2.65. The average molecular weight is 370 g/mol. The largest absolute Gasteiger partial charge is 0.497 e. The number of ether oxygens (including phenoxy) is 1. The lowest BCUT2D eigenvalue weighted by Gasteiger charge is -2.26. The molecule has 7 nitrogen and oxygen atoms in total. The first-order chi connectivity index (χ1) is 13.0. The van der Waals surface area contributed by atoms with Crippen LogP contribution in [0.1, 0.15) is 27.2 Å². The third kappa shape index (κ3) is 4.36. The van der Waals surface area contributed by atoms with Crippen molar-refractivity contribution in [1.82, 2.24) is 10.2 Å². The highest BCUT2D eigenvalue weighted by atomic mass is 16.5. The van der Waals surface area contributed by atoms with Gasteiger partial charge in [-0.3, -0.25) is 9.59 Å². The summed E-state index contributed by atoms with van der Waals surface area (Å²) >= 11 is 0. The summed E-state index contributed by atoms with van der Waals surface area (Å²) < 4.78 is 10.5. The third-order valence-electron chi connectivity index (χ3n) is 4.56. The number of methoxy groups -OCH3 is 1. The van der Waals surface area contributed by atoms with Gasteiger partial charge in [-0.25, -0.2) is 4.79 Å². The first kappa shape index (κ1) is 18.7. The Labute approximate surface area is 156 Å². The van der Waals surface area contributed by atoms with Gasteiger partial charge >= 0.3 is 5.63 Å². The molecule has 0 atom stereocenters. The smallest absolute Gasteiger partial charge is 0.349 e. The summed E-state index contributed by atoms with van der Waals surface area (Å²) in [6, 6.07) is 9.41. The molecule has 27 heavy (non-hydrogen) atoms. The average Bonchev–Trinajstić information content (AvgIpc) is 2.66. The van der Waals surface area contributed by atoms with Crippen molar-refractivity contribution in [3.63, 3.8) is 0 Å². The molecule has 0 aliphatic carbocycles. The Hall–Kier alpha value is -3.09. The molecular weight excluding hydrogens is 348 g/mol. The Morgan fingerprint density at radius 3 is 2.59 bits per heavy atom. The molecule has 0 spiro atoms. The molecule has 1 saturated heterocycles. The Morgan fingerprint density at radius 1 is 1.22 bits per heavy atom. The minimum absolute atomic E-state index is 0.00195. The minimum atomic E-state index is -0.657. The first-order valence-electron chi connectivity index (χ1n) is 8.80. The number of carbonyl (C=O) groups is 2. The minimum Gasteiger partial charge on any atom is -0.497 e. The van der Waals surface area contributed by atoms with Crippen molar-refractivity contribution in [3.05, 3.63) is 63.2 Å². The van der Waals surface area contributed by atoms with Crippen molar-refractivity contribution in [1.29, 1.82) is 0 Å². The first-order valence-corrected chi connectivity index (χ1v) is 8.80. The molecular formula is C20H22N2O5. The van der Waals surface area contributed by atoms with E-state index in [1.165, 1.54) is 4.90 Å². The van der Waals surface area contributed by atoms with Gasteiger partial charge in [-0.2, -0.15) is 0 Å². The summed E-state index contributed by atoms with van der Waals surface area (Å²) in [5.41, 5.74) is 0.996. The fraction of sp³-hybridized carbons (Fsp3) is 0.350. The van der Waals surface area contributed by atoms with E-state index in [-0.39, 0.29) is 18.0 Å². The number of benzene rings is 1. The van der Waals surface area contributed by atoms with Crippen molar-refractivity contribution < 1.29 is 18.7 Å². The third-order valence-corrected chi connectivity index (χ3v) is 4.56. The van der Waals surface area contributed by atoms with Crippen LogP contribution >= 0.6 is 0 Å². The predicted octanol–water partition coefficient (Wildman–Crippen LogP) is 1.31. The second-order valence-corrected chi connectivity index (χ2v) is 6.48. The van der Waals surface area contributed by atoms with Crippen LogP contribution in [0.5, 0.6) is 5.75 Å². The van der Waals surface area contributed by atoms with Crippen LogP contribution in [0.2, 0.25) is 0 Å². The van der Waals surface area contributed by atoms with Crippen LogP contribution in [0.4, 0.5) is 0 Å². The molecule has 1 fully saturated rings. The number of hydrogen-bond acceptors (Lipinski definition) is 5. The number of rotatable bonds is 5. The molecule has 0 radical (unpaired) electrons. The van der Waals surface area contributed by atoms with Crippen molar-refractivity contribution >= 4 is 11.8 Å². The zero-order valence-corrected chi connectivity index (χ0v) is 15.4. The Balaban J connectivity index is 1.73. The van der Waals surface area contributed by atoms with E-state index in [1.54, 1.807) is 20.1 Å². The second kappa shape index (κ2) is 8.07. The van der Waals surface area contributed by atoms with Crippen LogP contribution in [0.25, 0.3) is 0 Å². The van der Waals surface area contributed by atoms with E-state index in [0.717, 1.165) is 11.3 Å². The highest BCUT2D eigenvalue weighted by Gasteiger charge is 2.26. The highest BCUT2D eigenvalue weighted by Crippen LogP contribution is 2.15. The molecule has 1 aromatic heterocycles. The molecule has 2 amide bonds. The molecule has 1 aliphatic rings. The van der Waals surface area contributed by atoms with Gasteiger partial charge in [0.1, 0.15) is 17.1 Å². The lowest BCUT2D eigenvalue weighted by Crippen LogP contribution is -2.50. The molecule has 3 rings (SSSR count). The monoisotopic (exact) mass is 370 g/mol. The van der Waals surface area contributed by atoms with Crippen molar-refractivity contribution in [2.45, 2.75) is 19.8 Å².